The first-order chi connectivity index (χ1) is 7.17. The Labute approximate surface area is 96.2 Å². The molecule has 0 aromatic rings. The van der Waals surface area contributed by atoms with Gasteiger partial charge in [-0.05, 0) is 43.9 Å². The van der Waals surface area contributed by atoms with Gasteiger partial charge >= 0.3 is 5.97 Å². The normalized spacial score (nSPS) is 20.5. The van der Waals surface area contributed by atoms with Crippen molar-refractivity contribution in [2.45, 2.75) is 38.6 Å². The third-order valence-corrected chi connectivity index (χ3v) is 4.18. The zero-order chi connectivity index (χ0) is 11.3. The van der Waals surface area contributed by atoms with E-state index in [0.717, 1.165) is 43.9 Å². The van der Waals surface area contributed by atoms with Crippen molar-refractivity contribution in [2.75, 3.05) is 24.6 Å². The lowest BCUT2D eigenvalue weighted by molar-refractivity contribution is -0.152. The summed E-state index contributed by atoms with van der Waals surface area (Å²) in [6.45, 7) is 5.90. The molecule has 1 aliphatic rings. The van der Waals surface area contributed by atoms with Crippen LogP contribution in [0.15, 0.2) is 0 Å². The average Bonchev–Trinajstić information content (AvgIpc) is 2.26. The minimum Gasteiger partial charge on any atom is -0.480 e. The van der Waals surface area contributed by atoms with Gasteiger partial charge in [0.2, 0.25) is 0 Å². The van der Waals surface area contributed by atoms with Crippen LogP contribution in [0.2, 0.25) is 0 Å². The van der Waals surface area contributed by atoms with Crippen LogP contribution in [0, 0.1) is 0 Å². The molecule has 0 aromatic heterocycles. The number of carboxylic acids is 1. The maximum absolute atomic E-state index is 11.5. The van der Waals surface area contributed by atoms with E-state index in [9.17, 15) is 9.90 Å². The molecule has 1 aliphatic heterocycles. The van der Waals surface area contributed by atoms with Crippen molar-refractivity contribution in [3.05, 3.63) is 0 Å². The van der Waals surface area contributed by atoms with E-state index in [1.807, 2.05) is 11.8 Å². The number of aliphatic carboxylic acids is 1. The molecule has 0 unspecified atom stereocenters. The quantitative estimate of drug-likeness (QED) is 0.786. The molecular formula is C11H21NO2S. The van der Waals surface area contributed by atoms with Gasteiger partial charge in [-0.25, -0.2) is 0 Å². The Hall–Kier alpha value is -0.220. The van der Waals surface area contributed by atoms with Crippen molar-refractivity contribution < 1.29 is 9.90 Å². The molecule has 3 nitrogen and oxygen atoms in total. The number of carbonyl (C=O) groups is 1. The van der Waals surface area contributed by atoms with E-state index in [1.165, 1.54) is 0 Å². The van der Waals surface area contributed by atoms with E-state index < -0.39 is 11.5 Å². The van der Waals surface area contributed by atoms with E-state index in [0.29, 0.717) is 0 Å². The summed E-state index contributed by atoms with van der Waals surface area (Å²) in [4.78, 5) is 13.6. The highest BCUT2D eigenvalue weighted by Crippen LogP contribution is 2.32. The molecule has 0 bridgehead atoms. The number of carboxylic acid groups (broad SMARTS) is 1. The summed E-state index contributed by atoms with van der Waals surface area (Å²) in [5.74, 6) is 1.33. The van der Waals surface area contributed by atoms with Gasteiger partial charge in [-0.15, -0.1) is 0 Å². The molecule has 0 amide bonds. The molecule has 1 N–H and O–H groups in total. The Morgan fingerprint density at radius 2 is 2.00 bits per heavy atom. The van der Waals surface area contributed by atoms with Crippen LogP contribution >= 0.6 is 11.8 Å². The SMILES string of the molecule is CCCN(CC)C1(C(=O)O)CCSCC1. The molecule has 1 rings (SSSR count). The highest BCUT2D eigenvalue weighted by molar-refractivity contribution is 7.99. The van der Waals surface area contributed by atoms with Gasteiger partial charge in [-0.2, -0.15) is 11.8 Å². The van der Waals surface area contributed by atoms with E-state index in [2.05, 4.69) is 18.7 Å². The fourth-order valence-corrected chi connectivity index (χ4v) is 3.49. The summed E-state index contributed by atoms with van der Waals surface area (Å²) in [6, 6.07) is 0. The van der Waals surface area contributed by atoms with Gasteiger partial charge in [0, 0.05) is 0 Å². The number of likely N-dealkylation sites (N-methyl/N-ethyl adjacent to an activating group) is 1. The Morgan fingerprint density at radius 1 is 1.40 bits per heavy atom. The van der Waals surface area contributed by atoms with Gasteiger partial charge in [-0.1, -0.05) is 13.8 Å². The van der Waals surface area contributed by atoms with Crippen LogP contribution in [0.5, 0.6) is 0 Å². The number of hydrogen-bond acceptors (Lipinski definition) is 3. The molecule has 88 valence electrons. The fraction of sp³-hybridized carbons (Fsp3) is 0.909. The molecule has 1 fully saturated rings. The largest absolute Gasteiger partial charge is 0.480 e. The second kappa shape index (κ2) is 5.75. The number of nitrogens with zero attached hydrogens (tertiary/aromatic N) is 1. The summed E-state index contributed by atoms with van der Waals surface area (Å²) in [7, 11) is 0. The van der Waals surface area contributed by atoms with Gasteiger partial charge < -0.3 is 5.11 Å². The molecule has 1 heterocycles. The van der Waals surface area contributed by atoms with E-state index in [1.54, 1.807) is 0 Å². The van der Waals surface area contributed by atoms with Crippen LogP contribution in [-0.4, -0.2) is 46.1 Å². The Morgan fingerprint density at radius 3 is 2.40 bits per heavy atom. The smallest absolute Gasteiger partial charge is 0.324 e. The minimum atomic E-state index is -0.627. The van der Waals surface area contributed by atoms with Gasteiger partial charge in [0.05, 0.1) is 0 Å². The minimum absolute atomic E-state index is 0.573. The molecule has 1 saturated heterocycles. The topological polar surface area (TPSA) is 40.5 Å². The first-order valence-electron chi connectivity index (χ1n) is 5.73. The standard InChI is InChI=1S/C11H21NO2S/c1-3-7-12(4-2)11(10(13)14)5-8-15-9-6-11/h3-9H2,1-2H3,(H,13,14). The lowest BCUT2D eigenvalue weighted by Crippen LogP contribution is -2.56. The van der Waals surface area contributed by atoms with E-state index in [-0.39, 0.29) is 0 Å². The first-order valence-corrected chi connectivity index (χ1v) is 6.89. The molecule has 0 atom stereocenters. The molecule has 0 aromatic carbocycles. The summed E-state index contributed by atoms with van der Waals surface area (Å²) >= 11 is 1.87. The zero-order valence-corrected chi connectivity index (χ0v) is 10.5. The van der Waals surface area contributed by atoms with Crippen molar-refractivity contribution in [2.24, 2.45) is 0 Å². The summed E-state index contributed by atoms with van der Waals surface area (Å²) in [6.07, 6.45) is 2.61. The van der Waals surface area contributed by atoms with Crippen molar-refractivity contribution in [3.63, 3.8) is 0 Å². The number of thioether (sulfide) groups is 1. The lowest BCUT2D eigenvalue weighted by Gasteiger charge is -2.42. The Bertz CT molecular complexity index is 215. The molecule has 15 heavy (non-hydrogen) atoms. The number of rotatable bonds is 5. The molecule has 4 heteroatoms. The van der Waals surface area contributed by atoms with Crippen LogP contribution in [0.25, 0.3) is 0 Å². The summed E-state index contributed by atoms with van der Waals surface area (Å²) in [5, 5.41) is 9.47. The second-order valence-electron chi connectivity index (χ2n) is 4.03. The monoisotopic (exact) mass is 231 g/mol. The zero-order valence-electron chi connectivity index (χ0n) is 9.66. The van der Waals surface area contributed by atoms with Crippen LogP contribution in [0.3, 0.4) is 0 Å². The summed E-state index contributed by atoms with van der Waals surface area (Å²) < 4.78 is 0. The van der Waals surface area contributed by atoms with Crippen LogP contribution in [0.4, 0.5) is 0 Å². The summed E-state index contributed by atoms with van der Waals surface area (Å²) in [5.41, 5.74) is -0.573. The van der Waals surface area contributed by atoms with Crippen LogP contribution in [0.1, 0.15) is 33.1 Å². The van der Waals surface area contributed by atoms with Gasteiger partial charge in [0.15, 0.2) is 0 Å². The third-order valence-electron chi connectivity index (χ3n) is 3.20. The van der Waals surface area contributed by atoms with E-state index >= 15 is 0 Å². The molecule has 0 saturated carbocycles. The molecule has 0 radical (unpaired) electrons. The average molecular weight is 231 g/mol. The van der Waals surface area contributed by atoms with Crippen molar-refractivity contribution in [1.82, 2.24) is 4.90 Å². The maximum Gasteiger partial charge on any atom is 0.324 e. The van der Waals surface area contributed by atoms with Gasteiger partial charge in [0.1, 0.15) is 5.54 Å². The predicted molar refractivity (Wildman–Crippen MR) is 64.5 cm³/mol. The fourth-order valence-electron chi connectivity index (χ4n) is 2.32. The number of hydrogen-bond donors (Lipinski definition) is 1. The van der Waals surface area contributed by atoms with Crippen molar-refractivity contribution >= 4 is 17.7 Å². The molecule has 0 aliphatic carbocycles. The maximum atomic E-state index is 11.5. The predicted octanol–water partition coefficient (Wildman–Crippen LogP) is 2.07. The lowest BCUT2D eigenvalue weighted by atomic mass is 9.89. The van der Waals surface area contributed by atoms with Gasteiger partial charge in [0.25, 0.3) is 0 Å². The van der Waals surface area contributed by atoms with Crippen molar-refractivity contribution in [3.8, 4) is 0 Å². The van der Waals surface area contributed by atoms with Crippen LogP contribution in [-0.2, 0) is 4.79 Å². The van der Waals surface area contributed by atoms with Gasteiger partial charge in [-0.3, -0.25) is 9.69 Å². The Balaban J connectivity index is 2.81. The highest BCUT2D eigenvalue weighted by atomic mass is 32.2. The molecule has 0 spiro atoms. The van der Waals surface area contributed by atoms with Crippen LogP contribution < -0.4 is 0 Å². The third kappa shape index (κ3) is 2.67. The van der Waals surface area contributed by atoms with E-state index in [4.69, 9.17) is 0 Å². The molecular weight excluding hydrogens is 210 g/mol. The first kappa shape index (κ1) is 12.8. The van der Waals surface area contributed by atoms with Crippen molar-refractivity contribution in [1.29, 1.82) is 0 Å². The highest BCUT2D eigenvalue weighted by Gasteiger charge is 2.44. The Kier molecular flexibility index (Phi) is 4.93. The second-order valence-corrected chi connectivity index (χ2v) is 5.25.